The normalized spacial score (nSPS) is 11.8. The molecule has 80 valence electrons. The molecule has 0 aliphatic heterocycles. The van der Waals surface area contributed by atoms with Crippen molar-refractivity contribution in [2.45, 2.75) is 11.8 Å². The van der Waals surface area contributed by atoms with Crippen LogP contribution in [-0.2, 0) is 14.6 Å². The van der Waals surface area contributed by atoms with Crippen LogP contribution in [0.4, 0.5) is 0 Å². The lowest BCUT2D eigenvalue weighted by atomic mass is 10.2. The zero-order valence-corrected chi connectivity index (χ0v) is 8.86. The van der Waals surface area contributed by atoms with Gasteiger partial charge in [0.1, 0.15) is 0 Å². The van der Waals surface area contributed by atoms with Gasteiger partial charge in [-0.1, -0.05) is 17.7 Å². The highest BCUT2D eigenvalue weighted by molar-refractivity contribution is 7.94. The van der Waals surface area contributed by atoms with Crippen molar-refractivity contribution in [2.24, 2.45) is 0 Å². The molecule has 15 heavy (non-hydrogen) atoms. The Balaban J connectivity index is 3.07. The number of carbonyl (C=O) groups is 1. The molecule has 1 rings (SSSR count). The average Bonchev–Trinajstić information content (AvgIpc) is 2.16. The molecule has 0 aliphatic carbocycles. The number of sulfone groups is 1. The van der Waals surface area contributed by atoms with Crippen molar-refractivity contribution in [1.29, 1.82) is 0 Å². The molecule has 0 saturated carbocycles. The minimum Gasteiger partial charge on any atom is -0.478 e. The minimum absolute atomic E-state index is 0.0885. The maximum absolute atomic E-state index is 11.5. The summed E-state index contributed by atoms with van der Waals surface area (Å²) in [6.45, 7) is 1.84. The van der Waals surface area contributed by atoms with Gasteiger partial charge in [-0.15, -0.1) is 0 Å². The standard InChI is InChI=1S/C10H10O4S/c1-8-2-4-9(5-3-8)15(13,14)7-6-10(11)12/h2-7H,1H3,(H,11,12). The molecule has 0 aromatic heterocycles. The van der Waals surface area contributed by atoms with E-state index in [9.17, 15) is 13.2 Å². The Kier molecular flexibility index (Phi) is 3.26. The van der Waals surface area contributed by atoms with Crippen LogP contribution in [0.25, 0.3) is 0 Å². The number of rotatable bonds is 3. The maximum atomic E-state index is 11.5. The first-order chi connectivity index (χ1) is 6.92. The lowest BCUT2D eigenvalue weighted by Crippen LogP contribution is -1.98. The molecule has 5 heteroatoms. The van der Waals surface area contributed by atoms with Crippen molar-refractivity contribution in [2.75, 3.05) is 0 Å². The van der Waals surface area contributed by atoms with Crippen LogP contribution < -0.4 is 0 Å². The third-order valence-electron chi connectivity index (χ3n) is 1.74. The molecule has 0 fully saturated rings. The quantitative estimate of drug-likeness (QED) is 0.790. The zero-order valence-electron chi connectivity index (χ0n) is 8.04. The largest absolute Gasteiger partial charge is 0.478 e. The van der Waals surface area contributed by atoms with Crippen LogP contribution in [-0.4, -0.2) is 19.5 Å². The Morgan fingerprint density at radius 1 is 1.27 bits per heavy atom. The van der Waals surface area contributed by atoms with Crippen molar-refractivity contribution >= 4 is 15.8 Å². The van der Waals surface area contributed by atoms with E-state index >= 15 is 0 Å². The van der Waals surface area contributed by atoms with Crippen LogP contribution in [0.1, 0.15) is 5.56 Å². The first-order valence-corrected chi connectivity index (χ1v) is 5.69. The number of carboxylic acid groups (broad SMARTS) is 1. The first-order valence-electron chi connectivity index (χ1n) is 4.14. The summed E-state index contributed by atoms with van der Waals surface area (Å²) >= 11 is 0. The van der Waals surface area contributed by atoms with Crippen LogP contribution in [0.5, 0.6) is 0 Å². The molecule has 0 radical (unpaired) electrons. The lowest BCUT2D eigenvalue weighted by Gasteiger charge is -1.98. The van der Waals surface area contributed by atoms with Crippen LogP contribution in [0.3, 0.4) is 0 Å². The van der Waals surface area contributed by atoms with E-state index in [0.29, 0.717) is 11.5 Å². The van der Waals surface area contributed by atoms with Gasteiger partial charge in [0, 0.05) is 11.5 Å². The summed E-state index contributed by atoms with van der Waals surface area (Å²) in [5.74, 6) is -1.29. The molecule has 1 N–H and O–H groups in total. The fraction of sp³-hybridized carbons (Fsp3) is 0.100. The van der Waals surface area contributed by atoms with E-state index in [1.54, 1.807) is 12.1 Å². The molecule has 0 bridgehead atoms. The number of benzene rings is 1. The predicted molar refractivity (Wildman–Crippen MR) is 55.1 cm³/mol. The molecule has 0 spiro atoms. The van der Waals surface area contributed by atoms with E-state index in [1.807, 2.05) is 6.92 Å². The first kappa shape index (κ1) is 11.5. The molecular formula is C10H10O4S. The summed E-state index contributed by atoms with van der Waals surface area (Å²) in [7, 11) is -3.63. The molecule has 0 heterocycles. The van der Waals surface area contributed by atoms with Gasteiger partial charge in [0.15, 0.2) is 9.84 Å². The van der Waals surface area contributed by atoms with E-state index in [1.165, 1.54) is 12.1 Å². The predicted octanol–water partition coefficient (Wildman–Crippen LogP) is 1.37. The molecule has 0 atom stereocenters. The van der Waals surface area contributed by atoms with Crippen LogP contribution >= 0.6 is 0 Å². The van der Waals surface area contributed by atoms with Crippen molar-refractivity contribution in [3.05, 3.63) is 41.3 Å². The molecule has 0 aliphatic rings. The fourth-order valence-electron chi connectivity index (χ4n) is 0.954. The molecule has 4 nitrogen and oxygen atoms in total. The average molecular weight is 226 g/mol. The number of hydrogen-bond acceptors (Lipinski definition) is 3. The third kappa shape index (κ3) is 3.21. The molecule has 1 aromatic rings. The second-order valence-corrected chi connectivity index (χ2v) is 4.83. The SMILES string of the molecule is Cc1ccc(S(=O)(=O)C=CC(=O)O)cc1. The summed E-state index contributed by atoms with van der Waals surface area (Å²) in [6.07, 6.45) is 0.606. The van der Waals surface area contributed by atoms with E-state index in [4.69, 9.17) is 5.11 Å². The van der Waals surface area contributed by atoms with E-state index in [-0.39, 0.29) is 4.90 Å². The lowest BCUT2D eigenvalue weighted by molar-refractivity contribution is -0.131. The molecule has 0 saturated heterocycles. The molecule has 0 amide bonds. The van der Waals surface area contributed by atoms with Gasteiger partial charge >= 0.3 is 5.97 Å². The minimum atomic E-state index is -3.63. The van der Waals surface area contributed by atoms with Gasteiger partial charge in [-0.05, 0) is 19.1 Å². The number of aryl methyl sites for hydroxylation is 1. The zero-order chi connectivity index (χ0) is 11.5. The monoisotopic (exact) mass is 226 g/mol. The highest BCUT2D eigenvalue weighted by Gasteiger charge is 2.09. The number of carboxylic acids is 1. The van der Waals surface area contributed by atoms with Crippen molar-refractivity contribution < 1.29 is 18.3 Å². The highest BCUT2D eigenvalue weighted by atomic mass is 32.2. The Morgan fingerprint density at radius 2 is 1.80 bits per heavy atom. The van der Waals surface area contributed by atoms with Gasteiger partial charge in [-0.3, -0.25) is 0 Å². The highest BCUT2D eigenvalue weighted by Crippen LogP contribution is 2.12. The number of aliphatic carboxylic acids is 1. The van der Waals surface area contributed by atoms with Gasteiger partial charge in [0.2, 0.25) is 0 Å². The van der Waals surface area contributed by atoms with E-state index in [0.717, 1.165) is 5.56 Å². The smallest absolute Gasteiger partial charge is 0.329 e. The topological polar surface area (TPSA) is 71.4 Å². The van der Waals surface area contributed by atoms with Crippen LogP contribution in [0, 0.1) is 6.92 Å². The Bertz CT molecular complexity index is 483. The molecule has 0 unspecified atom stereocenters. The summed E-state index contributed by atoms with van der Waals surface area (Å²) < 4.78 is 23.0. The van der Waals surface area contributed by atoms with E-state index < -0.39 is 15.8 Å². The molecule has 1 aromatic carbocycles. The maximum Gasteiger partial charge on any atom is 0.329 e. The van der Waals surface area contributed by atoms with Gasteiger partial charge in [0.05, 0.1) is 4.90 Å². The summed E-state index contributed by atoms with van der Waals surface area (Å²) in [5.41, 5.74) is 0.941. The van der Waals surface area contributed by atoms with Gasteiger partial charge in [-0.25, -0.2) is 13.2 Å². The van der Waals surface area contributed by atoms with Crippen molar-refractivity contribution in [1.82, 2.24) is 0 Å². The second kappa shape index (κ2) is 4.27. The fourth-order valence-corrected chi connectivity index (χ4v) is 1.92. The Hall–Kier alpha value is -1.62. The molecular weight excluding hydrogens is 216 g/mol. The number of hydrogen-bond donors (Lipinski definition) is 1. The van der Waals surface area contributed by atoms with Gasteiger partial charge in [-0.2, -0.15) is 0 Å². The Labute approximate surface area is 87.8 Å². The van der Waals surface area contributed by atoms with Gasteiger partial charge < -0.3 is 5.11 Å². The van der Waals surface area contributed by atoms with E-state index in [2.05, 4.69) is 0 Å². The second-order valence-electron chi connectivity index (χ2n) is 3.00. The third-order valence-corrected chi connectivity index (χ3v) is 3.16. The summed E-state index contributed by atoms with van der Waals surface area (Å²) in [5, 5.41) is 9.00. The van der Waals surface area contributed by atoms with Crippen LogP contribution in [0.15, 0.2) is 40.6 Å². The van der Waals surface area contributed by atoms with Gasteiger partial charge in [0.25, 0.3) is 0 Å². The van der Waals surface area contributed by atoms with Crippen molar-refractivity contribution in [3.8, 4) is 0 Å². The summed E-state index contributed by atoms with van der Waals surface area (Å²) in [4.78, 5) is 10.3. The van der Waals surface area contributed by atoms with Crippen LogP contribution in [0.2, 0.25) is 0 Å². The van der Waals surface area contributed by atoms with Crippen molar-refractivity contribution in [3.63, 3.8) is 0 Å². The Morgan fingerprint density at radius 3 is 2.27 bits per heavy atom. The summed E-state index contributed by atoms with van der Waals surface area (Å²) in [6, 6.07) is 6.19.